The number of hydrogen-bond donors (Lipinski definition) is 2. The Morgan fingerprint density at radius 3 is 2.31 bits per heavy atom. The quantitative estimate of drug-likeness (QED) is 0.744. The van der Waals surface area contributed by atoms with Crippen LogP contribution in [-0.4, -0.2) is 25.2 Å². The van der Waals surface area contributed by atoms with Gasteiger partial charge in [-0.25, -0.2) is 9.59 Å². The zero-order chi connectivity index (χ0) is 18.9. The third kappa shape index (κ3) is 5.51. The second-order valence-corrected chi connectivity index (χ2v) is 6.11. The van der Waals surface area contributed by atoms with E-state index in [4.69, 9.17) is 9.47 Å². The third-order valence-electron chi connectivity index (χ3n) is 3.80. The summed E-state index contributed by atoms with van der Waals surface area (Å²) < 4.78 is 10.6. The molecule has 2 aromatic rings. The number of ether oxygens (including phenoxy) is 2. The predicted molar refractivity (Wildman–Crippen MR) is 100 cm³/mol. The second-order valence-electron chi connectivity index (χ2n) is 6.11. The average molecular weight is 356 g/mol. The van der Waals surface area contributed by atoms with Gasteiger partial charge in [0.1, 0.15) is 18.4 Å². The van der Waals surface area contributed by atoms with Crippen molar-refractivity contribution in [3.05, 3.63) is 60.2 Å². The summed E-state index contributed by atoms with van der Waals surface area (Å²) in [6.07, 6.45) is 0. The van der Waals surface area contributed by atoms with Crippen molar-refractivity contribution >= 4 is 17.7 Å². The first-order chi connectivity index (χ1) is 12.5. The lowest BCUT2D eigenvalue weighted by Gasteiger charge is -2.21. The number of carbonyl (C=O) groups is 2. The molecule has 2 aromatic carbocycles. The lowest BCUT2D eigenvalue weighted by atomic mass is 10.1. The number of nitrogens with one attached hydrogen (secondary N) is 2. The molecule has 0 fully saturated rings. The molecule has 138 valence electrons. The van der Waals surface area contributed by atoms with Crippen molar-refractivity contribution in [1.29, 1.82) is 0 Å². The fourth-order valence-electron chi connectivity index (χ4n) is 2.39. The molecule has 0 aliphatic heterocycles. The zero-order valence-corrected chi connectivity index (χ0v) is 15.2. The van der Waals surface area contributed by atoms with Crippen LogP contribution in [0.1, 0.15) is 19.4 Å². The molecule has 0 bridgehead atoms. The Hall–Kier alpha value is -3.02. The number of methoxy groups -OCH3 is 1. The van der Waals surface area contributed by atoms with Crippen molar-refractivity contribution in [1.82, 2.24) is 5.32 Å². The van der Waals surface area contributed by atoms with Crippen LogP contribution in [0.4, 0.5) is 10.5 Å². The predicted octanol–water partition coefficient (Wildman–Crippen LogP) is 3.58. The highest BCUT2D eigenvalue weighted by atomic mass is 16.5. The lowest BCUT2D eigenvalue weighted by Crippen LogP contribution is -2.47. The summed E-state index contributed by atoms with van der Waals surface area (Å²) in [5.41, 5.74) is 1.41. The minimum Gasteiger partial charge on any atom is -0.496 e. The maximum absolute atomic E-state index is 12.4. The van der Waals surface area contributed by atoms with Crippen LogP contribution in [0.2, 0.25) is 0 Å². The molecule has 2 rings (SSSR count). The zero-order valence-electron chi connectivity index (χ0n) is 15.2. The molecule has 2 amide bonds. The van der Waals surface area contributed by atoms with E-state index in [0.29, 0.717) is 11.4 Å². The maximum atomic E-state index is 12.4. The Kier molecular flexibility index (Phi) is 7.02. The molecule has 6 nitrogen and oxygen atoms in total. The first-order valence-corrected chi connectivity index (χ1v) is 8.42. The Morgan fingerprint density at radius 2 is 1.65 bits per heavy atom. The molecule has 26 heavy (non-hydrogen) atoms. The number of para-hydroxylation sites is 2. The maximum Gasteiger partial charge on any atom is 0.329 e. The van der Waals surface area contributed by atoms with Crippen LogP contribution in [0.3, 0.4) is 0 Å². The van der Waals surface area contributed by atoms with Crippen LogP contribution in [0, 0.1) is 5.92 Å². The SMILES string of the molecule is COc1ccccc1COC(=O)[C@@H](NC(=O)Nc1ccccc1)C(C)C. The Bertz CT molecular complexity index is 732. The van der Waals surface area contributed by atoms with Crippen molar-refractivity contribution in [3.63, 3.8) is 0 Å². The van der Waals surface area contributed by atoms with Crippen LogP contribution in [0.15, 0.2) is 54.6 Å². The minimum absolute atomic E-state index is 0.0774. The number of benzene rings is 2. The van der Waals surface area contributed by atoms with Crippen molar-refractivity contribution in [3.8, 4) is 5.75 Å². The van der Waals surface area contributed by atoms with Crippen molar-refractivity contribution < 1.29 is 19.1 Å². The third-order valence-corrected chi connectivity index (χ3v) is 3.80. The molecular formula is C20H24N2O4. The molecular weight excluding hydrogens is 332 g/mol. The van der Waals surface area contributed by atoms with Crippen LogP contribution < -0.4 is 15.4 Å². The number of rotatable bonds is 7. The molecule has 0 saturated heterocycles. The largest absolute Gasteiger partial charge is 0.496 e. The molecule has 0 radical (unpaired) electrons. The number of anilines is 1. The fourth-order valence-corrected chi connectivity index (χ4v) is 2.39. The number of hydrogen-bond acceptors (Lipinski definition) is 4. The summed E-state index contributed by atoms with van der Waals surface area (Å²) in [5.74, 6) is 0.0342. The van der Waals surface area contributed by atoms with Gasteiger partial charge >= 0.3 is 12.0 Å². The second kappa shape index (κ2) is 9.46. The minimum atomic E-state index is -0.756. The molecule has 0 saturated carbocycles. The van der Waals surface area contributed by atoms with Crippen LogP contribution in [-0.2, 0) is 16.1 Å². The van der Waals surface area contributed by atoms with Gasteiger partial charge in [-0.2, -0.15) is 0 Å². The normalized spacial score (nSPS) is 11.5. The fraction of sp³-hybridized carbons (Fsp3) is 0.300. The Morgan fingerprint density at radius 1 is 1.00 bits per heavy atom. The highest BCUT2D eigenvalue weighted by molar-refractivity contribution is 5.92. The van der Waals surface area contributed by atoms with Gasteiger partial charge in [0.2, 0.25) is 0 Å². The molecule has 0 unspecified atom stereocenters. The number of amides is 2. The van der Waals surface area contributed by atoms with Crippen LogP contribution in [0.5, 0.6) is 5.75 Å². The Balaban J connectivity index is 1.95. The van der Waals surface area contributed by atoms with E-state index < -0.39 is 18.0 Å². The summed E-state index contributed by atoms with van der Waals surface area (Å²) in [4.78, 5) is 24.6. The van der Waals surface area contributed by atoms with Gasteiger partial charge in [-0.05, 0) is 24.1 Å². The van der Waals surface area contributed by atoms with E-state index in [1.54, 1.807) is 25.3 Å². The van der Waals surface area contributed by atoms with Gasteiger partial charge in [0.25, 0.3) is 0 Å². The van der Waals surface area contributed by atoms with E-state index in [1.165, 1.54) is 0 Å². The van der Waals surface area contributed by atoms with Gasteiger partial charge in [-0.15, -0.1) is 0 Å². The van der Waals surface area contributed by atoms with Gasteiger partial charge in [0, 0.05) is 11.3 Å². The lowest BCUT2D eigenvalue weighted by molar-refractivity contribution is -0.148. The van der Waals surface area contributed by atoms with E-state index in [2.05, 4.69) is 10.6 Å². The van der Waals surface area contributed by atoms with Crippen molar-refractivity contribution in [2.24, 2.45) is 5.92 Å². The number of urea groups is 1. The standard InChI is InChI=1S/C20H24N2O4/c1-14(2)18(22-20(24)21-16-10-5-4-6-11-16)19(23)26-13-15-9-7-8-12-17(15)25-3/h4-12,14,18H,13H2,1-3H3,(H2,21,22,24)/t18-/m0/s1. The van der Waals surface area contributed by atoms with Gasteiger partial charge in [-0.3, -0.25) is 0 Å². The summed E-state index contributed by atoms with van der Waals surface area (Å²) in [5, 5.41) is 5.37. The molecule has 0 heterocycles. The van der Waals surface area contributed by atoms with E-state index in [0.717, 1.165) is 5.56 Å². The van der Waals surface area contributed by atoms with E-state index in [9.17, 15) is 9.59 Å². The molecule has 0 aromatic heterocycles. The summed E-state index contributed by atoms with van der Waals surface area (Å²) in [7, 11) is 1.56. The topological polar surface area (TPSA) is 76.7 Å². The number of carbonyl (C=O) groups excluding carboxylic acids is 2. The molecule has 0 aliphatic rings. The first kappa shape index (κ1) is 19.3. The molecule has 0 aliphatic carbocycles. The van der Waals surface area contributed by atoms with Gasteiger partial charge in [0.15, 0.2) is 0 Å². The smallest absolute Gasteiger partial charge is 0.329 e. The van der Waals surface area contributed by atoms with Gasteiger partial charge in [0.05, 0.1) is 7.11 Å². The summed E-state index contributed by atoms with van der Waals surface area (Å²) >= 11 is 0. The average Bonchev–Trinajstić information content (AvgIpc) is 2.65. The summed E-state index contributed by atoms with van der Waals surface area (Å²) in [6, 6.07) is 15.1. The first-order valence-electron chi connectivity index (χ1n) is 8.42. The van der Waals surface area contributed by atoms with Gasteiger partial charge in [-0.1, -0.05) is 50.2 Å². The molecule has 6 heteroatoms. The van der Waals surface area contributed by atoms with E-state index in [1.807, 2.05) is 50.2 Å². The highest BCUT2D eigenvalue weighted by Gasteiger charge is 2.26. The van der Waals surface area contributed by atoms with Crippen molar-refractivity contribution in [2.75, 3.05) is 12.4 Å². The molecule has 2 N–H and O–H groups in total. The van der Waals surface area contributed by atoms with Crippen molar-refractivity contribution in [2.45, 2.75) is 26.5 Å². The Labute approximate surface area is 153 Å². The van der Waals surface area contributed by atoms with E-state index >= 15 is 0 Å². The summed E-state index contributed by atoms with van der Waals surface area (Å²) in [6.45, 7) is 3.77. The van der Waals surface area contributed by atoms with E-state index in [-0.39, 0.29) is 12.5 Å². The molecule has 1 atom stereocenters. The van der Waals surface area contributed by atoms with Gasteiger partial charge < -0.3 is 20.1 Å². The monoisotopic (exact) mass is 356 g/mol. The highest BCUT2D eigenvalue weighted by Crippen LogP contribution is 2.18. The number of esters is 1. The van der Waals surface area contributed by atoms with Crippen LogP contribution in [0.25, 0.3) is 0 Å². The van der Waals surface area contributed by atoms with Crippen LogP contribution >= 0.6 is 0 Å². The molecule has 0 spiro atoms.